The van der Waals surface area contributed by atoms with E-state index in [0.29, 0.717) is 12.1 Å². The fourth-order valence-electron chi connectivity index (χ4n) is 2.16. The summed E-state index contributed by atoms with van der Waals surface area (Å²) in [6.07, 6.45) is 8.02. The highest BCUT2D eigenvalue weighted by Gasteiger charge is 2.10. The second kappa shape index (κ2) is 12.0. The van der Waals surface area contributed by atoms with E-state index >= 15 is 0 Å². The van der Waals surface area contributed by atoms with Crippen LogP contribution in [0.4, 0.5) is 0 Å². The van der Waals surface area contributed by atoms with Gasteiger partial charge in [-0.05, 0) is 32.6 Å². The molecule has 0 aliphatic heterocycles. The summed E-state index contributed by atoms with van der Waals surface area (Å²) >= 11 is 0. The summed E-state index contributed by atoms with van der Waals surface area (Å²) in [6.45, 7) is 13.1. The SMILES string of the molecule is CCCCC(CC)COC(C)CNC(C)CCC. The first-order valence-corrected chi connectivity index (χ1v) is 7.98. The topological polar surface area (TPSA) is 21.3 Å². The molecule has 0 heterocycles. The van der Waals surface area contributed by atoms with Crippen LogP contribution in [0.25, 0.3) is 0 Å². The largest absolute Gasteiger partial charge is 0.377 e. The number of hydrogen-bond acceptors (Lipinski definition) is 2. The van der Waals surface area contributed by atoms with Crippen molar-refractivity contribution in [3.8, 4) is 0 Å². The van der Waals surface area contributed by atoms with E-state index < -0.39 is 0 Å². The Morgan fingerprint density at radius 1 is 1.00 bits per heavy atom. The van der Waals surface area contributed by atoms with Gasteiger partial charge < -0.3 is 10.1 Å². The minimum absolute atomic E-state index is 0.333. The highest BCUT2D eigenvalue weighted by atomic mass is 16.5. The van der Waals surface area contributed by atoms with E-state index in [-0.39, 0.29) is 0 Å². The van der Waals surface area contributed by atoms with Gasteiger partial charge in [0.05, 0.1) is 6.10 Å². The summed E-state index contributed by atoms with van der Waals surface area (Å²) in [7, 11) is 0. The lowest BCUT2D eigenvalue weighted by atomic mass is 10.0. The number of hydrogen-bond donors (Lipinski definition) is 1. The predicted molar refractivity (Wildman–Crippen MR) is 81.1 cm³/mol. The highest BCUT2D eigenvalue weighted by Crippen LogP contribution is 2.13. The predicted octanol–water partition coefficient (Wildman–Crippen LogP) is 4.39. The van der Waals surface area contributed by atoms with E-state index in [1.807, 2.05) is 0 Å². The van der Waals surface area contributed by atoms with Crippen molar-refractivity contribution in [2.75, 3.05) is 13.2 Å². The van der Waals surface area contributed by atoms with Crippen molar-refractivity contribution < 1.29 is 4.74 Å². The number of unbranched alkanes of at least 4 members (excludes halogenated alkanes) is 1. The molecular formula is C16H35NO. The molecule has 3 atom stereocenters. The molecule has 110 valence electrons. The summed E-state index contributed by atoms with van der Waals surface area (Å²) in [5, 5.41) is 3.54. The van der Waals surface area contributed by atoms with Gasteiger partial charge in [0.2, 0.25) is 0 Å². The number of ether oxygens (including phenoxy) is 1. The Kier molecular flexibility index (Phi) is 11.9. The van der Waals surface area contributed by atoms with Gasteiger partial charge in [-0.25, -0.2) is 0 Å². The molecule has 0 spiro atoms. The van der Waals surface area contributed by atoms with Crippen molar-refractivity contribution >= 4 is 0 Å². The molecule has 0 aliphatic carbocycles. The first-order chi connectivity index (χ1) is 8.63. The van der Waals surface area contributed by atoms with Gasteiger partial charge in [-0.15, -0.1) is 0 Å². The van der Waals surface area contributed by atoms with Gasteiger partial charge in [0.15, 0.2) is 0 Å². The fraction of sp³-hybridized carbons (Fsp3) is 1.00. The van der Waals surface area contributed by atoms with Crippen LogP contribution in [-0.2, 0) is 4.74 Å². The molecule has 2 nitrogen and oxygen atoms in total. The van der Waals surface area contributed by atoms with Crippen LogP contribution in [0.15, 0.2) is 0 Å². The summed E-state index contributed by atoms with van der Waals surface area (Å²) in [5.74, 6) is 0.750. The molecule has 0 amide bonds. The molecule has 0 bridgehead atoms. The summed E-state index contributed by atoms with van der Waals surface area (Å²) < 4.78 is 5.96. The molecule has 0 aromatic carbocycles. The van der Waals surface area contributed by atoms with Crippen molar-refractivity contribution in [3.63, 3.8) is 0 Å². The van der Waals surface area contributed by atoms with Gasteiger partial charge in [-0.3, -0.25) is 0 Å². The first kappa shape index (κ1) is 17.9. The van der Waals surface area contributed by atoms with Crippen LogP contribution in [0.1, 0.15) is 73.1 Å². The average Bonchev–Trinajstić information content (AvgIpc) is 2.37. The Hall–Kier alpha value is -0.0800. The second-order valence-corrected chi connectivity index (χ2v) is 5.66. The van der Waals surface area contributed by atoms with Gasteiger partial charge in [-0.1, -0.05) is 46.5 Å². The van der Waals surface area contributed by atoms with Crippen LogP contribution in [-0.4, -0.2) is 25.3 Å². The Balaban J connectivity index is 3.63. The molecule has 3 unspecified atom stereocenters. The number of nitrogens with one attached hydrogen (secondary N) is 1. The molecule has 1 N–H and O–H groups in total. The van der Waals surface area contributed by atoms with Gasteiger partial charge in [0.1, 0.15) is 0 Å². The van der Waals surface area contributed by atoms with Crippen LogP contribution in [0.5, 0.6) is 0 Å². The zero-order chi connectivity index (χ0) is 13.8. The van der Waals surface area contributed by atoms with Crippen LogP contribution < -0.4 is 5.32 Å². The van der Waals surface area contributed by atoms with Gasteiger partial charge in [-0.2, -0.15) is 0 Å². The molecule has 0 aromatic heterocycles. The normalized spacial score (nSPS) is 16.5. The minimum Gasteiger partial charge on any atom is -0.377 e. The third-order valence-electron chi connectivity index (χ3n) is 3.64. The summed E-state index contributed by atoms with van der Waals surface area (Å²) in [6, 6.07) is 0.614. The summed E-state index contributed by atoms with van der Waals surface area (Å²) in [4.78, 5) is 0. The molecule has 0 rings (SSSR count). The van der Waals surface area contributed by atoms with E-state index in [2.05, 4.69) is 39.9 Å². The van der Waals surface area contributed by atoms with E-state index in [1.165, 1.54) is 38.5 Å². The maximum absolute atomic E-state index is 5.96. The molecule has 0 radical (unpaired) electrons. The van der Waals surface area contributed by atoms with Crippen molar-refractivity contribution in [2.24, 2.45) is 5.92 Å². The standard InChI is InChI=1S/C16H35NO/c1-6-9-11-16(8-3)13-18-15(5)12-17-14(4)10-7-2/h14-17H,6-13H2,1-5H3. The fourth-order valence-corrected chi connectivity index (χ4v) is 2.16. The lowest BCUT2D eigenvalue weighted by Gasteiger charge is -2.21. The molecule has 0 saturated carbocycles. The molecule has 0 fully saturated rings. The third-order valence-corrected chi connectivity index (χ3v) is 3.64. The van der Waals surface area contributed by atoms with E-state index in [0.717, 1.165) is 19.1 Å². The molecule has 18 heavy (non-hydrogen) atoms. The minimum atomic E-state index is 0.333. The van der Waals surface area contributed by atoms with Crippen LogP contribution in [0, 0.1) is 5.92 Å². The Labute approximate surface area is 115 Å². The molecule has 0 aliphatic rings. The smallest absolute Gasteiger partial charge is 0.0671 e. The molecule has 0 aromatic rings. The summed E-state index contributed by atoms with van der Waals surface area (Å²) in [5.41, 5.74) is 0. The Morgan fingerprint density at radius 3 is 2.28 bits per heavy atom. The zero-order valence-corrected chi connectivity index (χ0v) is 13.3. The Bertz CT molecular complexity index is 172. The number of rotatable bonds is 12. The third kappa shape index (κ3) is 9.90. The highest BCUT2D eigenvalue weighted by molar-refractivity contribution is 4.64. The lowest BCUT2D eigenvalue weighted by molar-refractivity contribution is 0.0355. The van der Waals surface area contributed by atoms with E-state index in [4.69, 9.17) is 4.74 Å². The molecule has 2 heteroatoms. The lowest BCUT2D eigenvalue weighted by Crippen LogP contribution is -2.34. The van der Waals surface area contributed by atoms with E-state index in [9.17, 15) is 0 Å². The van der Waals surface area contributed by atoms with Gasteiger partial charge in [0, 0.05) is 19.2 Å². The van der Waals surface area contributed by atoms with Crippen molar-refractivity contribution in [1.29, 1.82) is 0 Å². The average molecular weight is 257 g/mol. The monoisotopic (exact) mass is 257 g/mol. The quantitative estimate of drug-likeness (QED) is 0.560. The van der Waals surface area contributed by atoms with Crippen molar-refractivity contribution in [3.05, 3.63) is 0 Å². The van der Waals surface area contributed by atoms with Crippen molar-refractivity contribution in [2.45, 2.75) is 85.3 Å². The zero-order valence-electron chi connectivity index (χ0n) is 13.3. The molecule has 0 saturated heterocycles. The van der Waals surface area contributed by atoms with Crippen LogP contribution in [0.3, 0.4) is 0 Å². The van der Waals surface area contributed by atoms with E-state index in [1.54, 1.807) is 0 Å². The van der Waals surface area contributed by atoms with Crippen LogP contribution >= 0.6 is 0 Å². The molecular weight excluding hydrogens is 222 g/mol. The Morgan fingerprint density at radius 2 is 1.72 bits per heavy atom. The van der Waals surface area contributed by atoms with Crippen LogP contribution in [0.2, 0.25) is 0 Å². The maximum atomic E-state index is 5.96. The van der Waals surface area contributed by atoms with Gasteiger partial charge in [0.25, 0.3) is 0 Å². The first-order valence-electron chi connectivity index (χ1n) is 7.98. The van der Waals surface area contributed by atoms with Gasteiger partial charge >= 0.3 is 0 Å². The van der Waals surface area contributed by atoms with Crippen molar-refractivity contribution in [1.82, 2.24) is 5.32 Å². The second-order valence-electron chi connectivity index (χ2n) is 5.66. The maximum Gasteiger partial charge on any atom is 0.0671 e.